The summed E-state index contributed by atoms with van der Waals surface area (Å²) in [5.74, 6) is 0.751. The summed E-state index contributed by atoms with van der Waals surface area (Å²) < 4.78 is 5.31. The SMILES string of the molecule is C[C@H](NOOc1ccccc1)C(=O)OCC1CCCCC1. The van der Waals surface area contributed by atoms with Gasteiger partial charge in [0.2, 0.25) is 0 Å². The van der Waals surface area contributed by atoms with Crippen molar-refractivity contribution in [2.24, 2.45) is 5.92 Å². The number of esters is 1. The topological polar surface area (TPSA) is 56.8 Å². The Morgan fingerprint density at radius 2 is 1.95 bits per heavy atom. The fourth-order valence-electron chi connectivity index (χ4n) is 2.35. The molecule has 116 valence electrons. The van der Waals surface area contributed by atoms with Gasteiger partial charge in [0.25, 0.3) is 0 Å². The van der Waals surface area contributed by atoms with Crippen LogP contribution in [0.2, 0.25) is 0 Å². The first kappa shape index (κ1) is 15.8. The van der Waals surface area contributed by atoms with Gasteiger partial charge in [0, 0.05) is 0 Å². The third-order valence-corrected chi connectivity index (χ3v) is 3.65. The standard InChI is InChI=1S/C16H23NO4/c1-13(17-21-20-15-10-6-3-7-11-15)16(18)19-12-14-8-4-2-5-9-14/h3,6-7,10-11,13-14,17H,2,4-5,8-9,12H2,1H3/t13-/m0/s1. The monoisotopic (exact) mass is 293 g/mol. The molecular weight excluding hydrogens is 270 g/mol. The summed E-state index contributed by atoms with van der Waals surface area (Å²) in [5.41, 5.74) is 2.52. The van der Waals surface area contributed by atoms with Crippen LogP contribution in [0.25, 0.3) is 0 Å². The molecule has 0 saturated heterocycles. The molecule has 0 amide bonds. The van der Waals surface area contributed by atoms with Crippen molar-refractivity contribution < 1.29 is 19.4 Å². The second-order valence-electron chi connectivity index (χ2n) is 5.45. The van der Waals surface area contributed by atoms with Gasteiger partial charge in [-0.05, 0) is 37.8 Å². The van der Waals surface area contributed by atoms with Gasteiger partial charge in [-0.2, -0.15) is 0 Å². The molecule has 0 bridgehead atoms. The van der Waals surface area contributed by atoms with Crippen molar-refractivity contribution in [2.45, 2.75) is 45.1 Å². The predicted octanol–water partition coefficient (Wildman–Crippen LogP) is 3.01. The number of carbonyl (C=O) groups is 1. The lowest BCUT2D eigenvalue weighted by Gasteiger charge is -2.22. The highest BCUT2D eigenvalue weighted by atomic mass is 17.3. The molecule has 0 aromatic heterocycles. The maximum Gasteiger partial charge on any atom is 0.325 e. The Morgan fingerprint density at radius 3 is 2.67 bits per heavy atom. The largest absolute Gasteiger partial charge is 0.464 e. The van der Waals surface area contributed by atoms with Crippen LogP contribution in [0.1, 0.15) is 39.0 Å². The van der Waals surface area contributed by atoms with Crippen molar-refractivity contribution in [3.8, 4) is 5.75 Å². The first-order valence-corrected chi connectivity index (χ1v) is 7.56. The smallest absolute Gasteiger partial charge is 0.325 e. The van der Waals surface area contributed by atoms with Crippen LogP contribution >= 0.6 is 0 Å². The summed E-state index contributed by atoms with van der Waals surface area (Å²) in [6, 6.07) is 8.49. The fraction of sp³-hybridized carbons (Fsp3) is 0.562. The Kier molecular flexibility index (Phi) is 6.50. The molecule has 0 unspecified atom stereocenters. The van der Waals surface area contributed by atoms with E-state index in [0.717, 1.165) is 12.8 Å². The quantitative estimate of drug-likeness (QED) is 0.476. The maximum atomic E-state index is 11.8. The van der Waals surface area contributed by atoms with Crippen molar-refractivity contribution in [1.29, 1.82) is 0 Å². The summed E-state index contributed by atoms with van der Waals surface area (Å²) >= 11 is 0. The zero-order valence-electron chi connectivity index (χ0n) is 12.4. The van der Waals surface area contributed by atoms with E-state index >= 15 is 0 Å². The summed E-state index contributed by atoms with van der Waals surface area (Å²) in [5, 5.41) is 0. The number of hydroxylamine groups is 1. The molecule has 2 rings (SSSR count). The molecule has 0 heterocycles. The molecular formula is C16H23NO4. The predicted molar refractivity (Wildman–Crippen MR) is 78.3 cm³/mol. The summed E-state index contributed by atoms with van der Waals surface area (Å²) in [4.78, 5) is 21.7. The van der Waals surface area contributed by atoms with E-state index in [9.17, 15) is 4.79 Å². The number of ether oxygens (including phenoxy) is 1. The number of benzene rings is 1. The van der Waals surface area contributed by atoms with Crippen LogP contribution in [0.3, 0.4) is 0 Å². The van der Waals surface area contributed by atoms with Crippen molar-refractivity contribution in [3.63, 3.8) is 0 Å². The normalized spacial score (nSPS) is 17.2. The van der Waals surface area contributed by atoms with E-state index < -0.39 is 6.04 Å². The molecule has 1 N–H and O–H groups in total. The van der Waals surface area contributed by atoms with Gasteiger partial charge >= 0.3 is 5.97 Å². The van der Waals surface area contributed by atoms with Crippen LogP contribution in [-0.4, -0.2) is 18.6 Å². The zero-order chi connectivity index (χ0) is 14.9. The molecule has 21 heavy (non-hydrogen) atoms. The summed E-state index contributed by atoms with van der Waals surface area (Å²) in [6.45, 7) is 2.18. The average molecular weight is 293 g/mol. The molecule has 1 saturated carbocycles. The third-order valence-electron chi connectivity index (χ3n) is 3.65. The van der Waals surface area contributed by atoms with E-state index in [0.29, 0.717) is 18.3 Å². The van der Waals surface area contributed by atoms with E-state index in [1.807, 2.05) is 18.2 Å². The van der Waals surface area contributed by atoms with E-state index in [4.69, 9.17) is 14.6 Å². The van der Waals surface area contributed by atoms with Gasteiger partial charge in [-0.3, -0.25) is 4.79 Å². The van der Waals surface area contributed by atoms with Crippen LogP contribution < -0.4 is 10.4 Å². The second-order valence-corrected chi connectivity index (χ2v) is 5.45. The van der Waals surface area contributed by atoms with E-state index in [1.54, 1.807) is 19.1 Å². The molecule has 1 aliphatic carbocycles. The minimum atomic E-state index is -0.572. The fourth-order valence-corrected chi connectivity index (χ4v) is 2.35. The lowest BCUT2D eigenvalue weighted by Crippen LogP contribution is -2.37. The number of hydrogen-bond donors (Lipinski definition) is 1. The van der Waals surface area contributed by atoms with Gasteiger partial charge in [-0.15, -0.1) is 5.48 Å². The number of hydrogen-bond acceptors (Lipinski definition) is 5. The van der Waals surface area contributed by atoms with Gasteiger partial charge in [0.1, 0.15) is 6.04 Å². The molecule has 5 heteroatoms. The Hall–Kier alpha value is -1.59. The van der Waals surface area contributed by atoms with Gasteiger partial charge in [-0.25, -0.2) is 0 Å². The van der Waals surface area contributed by atoms with Crippen molar-refractivity contribution >= 4 is 5.97 Å². The molecule has 1 aliphatic rings. The lowest BCUT2D eigenvalue weighted by atomic mass is 9.90. The molecule has 1 aromatic rings. The number of para-hydroxylation sites is 1. The average Bonchev–Trinajstić information content (AvgIpc) is 2.54. The van der Waals surface area contributed by atoms with E-state index in [2.05, 4.69) is 5.48 Å². The number of rotatable bonds is 7. The van der Waals surface area contributed by atoms with Crippen LogP contribution in [0.15, 0.2) is 30.3 Å². The lowest BCUT2D eigenvalue weighted by molar-refractivity contribution is -0.265. The minimum absolute atomic E-state index is 0.322. The molecule has 1 aromatic carbocycles. The summed E-state index contributed by atoms with van der Waals surface area (Å²) in [7, 11) is 0. The highest BCUT2D eigenvalue weighted by Crippen LogP contribution is 2.23. The second kappa shape index (κ2) is 8.64. The van der Waals surface area contributed by atoms with Crippen molar-refractivity contribution in [3.05, 3.63) is 30.3 Å². The number of carbonyl (C=O) groups excluding carboxylic acids is 1. The first-order valence-electron chi connectivity index (χ1n) is 7.56. The van der Waals surface area contributed by atoms with Crippen LogP contribution in [-0.2, 0) is 14.5 Å². The van der Waals surface area contributed by atoms with Gasteiger partial charge in [0.05, 0.1) is 6.61 Å². The molecule has 5 nitrogen and oxygen atoms in total. The molecule has 0 aliphatic heterocycles. The molecule has 1 atom stereocenters. The van der Waals surface area contributed by atoms with Gasteiger partial charge in [0.15, 0.2) is 5.75 Å². The first-order chi connectivity index (χ1) is 10.3. The minimum Gasteiger partial charge on any atom is -0.464 e. The third kappa shape index (κ3) is 5.73. The Labute approximate surface area is 125 Å². The van der Waals surface area contributed by atoms with Crippen LogP contribution in [0, 0.1) is 5.92 Å². The molecule has 0 spiro atoms. The van der Waals surface area contributed by atoms with Crippen molar-refractivity contribution in [2.75, 3.05) is 6.61 Å². The molecule has 1 fully saturated rings. The highest BCUT2D eigenvalue weighted by molar-refractivity contribution is 5.75. The Balaban J connectivity index is 1.60. The van der Waals surface area contributed by atoms with Gasteiger partial charge in [-0.1, -0.05) is 42.4 Å². The zero-order valence-corrected chi connectivity index (χ0v) is 12.4. The van der Waals surface area contributed by atoms with Crippen LogP contribution in [0.5, 0.6) is 5.75 Å². The maximum absolute atomic E-state index is 11.8. The number of nitrogens with one attached hydrogen (secondary N) is 1. The van der Waals surface area contributed by atoms with Crippen LogP contribution in [0.4, 0.5) is 0 Å². The van der Waals surface area contributed by atoms with E-state index in [-0.39, 0.29) is 5.97 Å². The molecule has 0 radical (unpaired) electrons. The Bertz CT molecular complexity index is 418. The highest BCUT2D eigenvalue weighted by Gasteiger charge is 2.19. The van der Waals surface area contributed by atoms with Crippen molar-refractivity contribution in [1.82, 2.24) is 5.48 Å². The Morgan fingerprint density at radius 1 is 1.24 bits per heavy atom. The van der Waals surface area contributed by atoms with Gasteiger partial charge < -0.3 is 9.62 Å². The summed E-state index contributed by atoms with van der Waals surface area (Å²) in [6.07, 6.45) is 6.09. The van der Waals surface area contributed by atoms with E-state index in [1.165, 1.54) is 19.3 Å².